The number of ether oxygens (including phenoxy) is 1. The smallest absolute Gasteiger partial charge is 0.303 e. The van der Waals surface area contributed by atoms with Crippen molar-refractivity contribution in [2.24, 2.45) is 5.92 Å². The van der Waals surface area contributed by atoms with Crippen LogP contribution in [0.15, 0.2) is 0 Å². The zero-order valence-electron chi connectivity index (χ0n) is 11.0. The van der Waals surface area contributed by atoms with Crippen LogP contribution in [0, 0.1) is 5.92 Å². The SMILES string of the molecule is CCC(CCNC(=O)[C@@H]1CCCO1)CCC(=O)O. The number of aliphatic carboxylic acids is 1. The van der Waals surface area contributed by atoms with Crippen molar-refractivity contribution in [1.82, 2.24) is 5.32 Å². The van der Waals surface area contributed by atoms with Crippen molar-refractivity contribution in [3.63, 3.8) is 0 Å². The van der Waals surface area contributed by atoms with E-state index in [1.165, 1.54) is 0 Å². The third-order valence-electron chi connectivity index (χ3n) is 3.42. The highest BCUT2D eigenvalue weighted by Gasteiger charge is 2.23. The van der Waals surface area contributed by atoms with Crippen molar-refractivity contribution in [3.8, 4) is 0 Å². The van der Waals surface area contributed by atoms with Gasteiger partial charge in [-0.05, 0) is 31.6 Å². The molecule has 0 aromatic rings. The predicted molar refractivity (Wildman–Crippen MR) is 67.3 cm³/mol. The Labute approximate surface area is 108 Å². The molecule has 0 radical (unpaired) electrons. The van der Waals surface area contributed by atoms with Gasteiger partial charge in [0, 0.05) is 19.6 Å². The molecule has 0 spiro atoms. The van der Waals surface area contributed by atoms with Crippen LogP contribution < -0.4 is 5.32 Å². The highest BCUT2D eigenvalue weighted by molar-refractivity contribution is 5.80. The molecule has 1 aliphatic rings. The first-order valence-corrected chi connectivity index (χ1v) is 6.74. The summed E-state index contributed by atoms with van der Waals surface area (Å²) in [6.07, 6.45) is 4.16. The van der Waals surface area contributed by atoms with E-state index in [1.54, 1.807) is 0 Å². The average Bonchev–Trinajstić information content (AvgIpc) is 2.86. The summed E-state index contributed by atoms with van der Waals surface area (Å²) < 4.78 is 5.29. The monoisotopic (exact) mass is 257 g/mol. The van der Waals surface area contributed by atoms with E-state index >= 15 is 0 Å². The Balaban J connectivity index is 2.14. The molecule has 1 saturated heterocycles. The van der Waals surface area contributed by atoms with Gasteiger partial charge < -0.3 is 15.2 Å². The number of carboxylic acids is 1. The van der Waals surface area contributed by atoms with Crippen LogP contribution >= 0.6 is 0 Å². The normalized spacial score (nSPS) is 20.6. The molecule has 0 aromatic heterocycles. The molecule has 5 heteroatoms. The first-order valence-electron chi connectivity index (χ1n) is 6.74. The second-order valence-corrected chi connectivity index (χ2v) is 4.79. The quantitative estimate of drug-likeness (QED) is 0.692. The number of carboxylic acid groups (broad SMARTS) is 1. The number of carbonyl (C=O) groups is 2. The van der Waals surface area contributed by atoms with E-state index in [0.717, 1.165) is 25.7 Å². The van der Waals surface area contributed by atoms with E-state index in [4.69, 9.17) is 9.84 Å². The minimum Gasteiger partial charge on any atom is -0.481 e. The molecular formula is C13H23NO4. The summed E-state index contributed by atoms with van der Waals surface area (Å²) in [6, 6.07) is 0. The summed E-state index contributed by atoms with van der Waals surface area (Å²) in [7, 11) is 0. The molecule has 18 heavy (non-hydrogen) atoms. The van der Waals surface area contributed by atoms with Crippen LogP contribution in [-0.4, -0.2) is 36.2 Å². The number of hydrogen-bond acceptors (Lipinski definition) is 3. The molecule has 1 amide bonds. The van der Waals surface area contributed by atoms with Gasteiger partial charge in [0.05, 0.1) is 0 Å². The van der Waals surface area contributed by atoms with E-state index in [0.29, 0.717) is 25.5 Å². The molecule has 0 bridgehead atoms. The number of nitrogens with one attached hydrogen (secondary N) is 1. The van der Waals surface area contributed by atoms with Gasteiger partial charge in [-0.25, -0.2) is 0 Å². The van der Waals surface area contributed by atoms with Gasteiger partial charge in [0.1, 0.15) is 6.10 Å². The number of amides is 1. The van der Waals surface area contributed by atoms with Crippen LogP contribution in [0.5, 0.6) is 0 Å². The lowest BCUT2D eigenvalue weighted by molar-refractivity contribution is -0.137. The maximum atomic E-state index is 11.7. The van der Waals surface area contributed by atoms with E-state index < -0.39 is 5.97 Å². The Hall–Kier alpha value is -1.10. The van der Waals surface area contributed by atoms with E-state index in [2.05, 4.69) is 12.2 Å². The van der Waals surface area contributed by atoms with Crippen molar-refractivity contribution in [2.45, 2.75) is 51.6 Å². The number of rotatable bonds is 8. The molecule has 1 heterocycles. The average molecular weight is 257 g/mol. The molecule has 1 aliphatic heterocycles. The molecule has 1 fully saturated rings. The van der Waals surface area contributed by atoms with Gasteiger partial charge in [0.15, 0.2) is 0 Å². The van der Waals surface area contributed by atoms with Gasteiger partial charge in [-0.1, -0.05) is 13.3 Å². The molecule has 2 atom stereocenters. The molecule has 104 valence electrons. The largest absolute Gasteiger partial charge is 0.481 e. The molecular weight excluding hydrogens is 234 g/mol. The predicted octanol–water partition coefficient (Wildman–Crippen LogP) is 1.56. The lowest BCUT2D eigenvalue weighted by Gasteiger charge is -2.15. The fourth-order valence-corrected chi connectivity index (χ4v) is 2.18. The van der Waals surface area contributed by atoms with Gasteiger partial charge in [-0.15, -0.1) is 0 Å². The van der Waals surface area contributed by atoms with E-state index in [1.807, 2.05) is 0 Å². The molecule has 2 N–H and O–H groups in total. The van der Waals surface area contributed by atoms with Crippen LogP contribution in [0.1, 0.15) is 45.4 Å². The highest BCUT2D eigenvalue weighted by Crippen LogP contribution is 2.15. The number of carbonyl (C=O) groups excluding carboxylic acids is 1. The van der Waals surface area contributed by atoms with Gasteiger partial charge in [0.2, 0.25) is 5.91 Å². The lowest BCUT2D eigenvalue weighted by Crippen LogP contribution is -2.35. The Kier molecular flexibility index (Phi) is 6.72. The molecule has 1 unspecified atom stereocenters. The van der Waals surface area contributed by atoms with Crippen molar-refractivity contribution in [1.29, 1.82) is 0 Å². The second-order valence-electron chi connectivity index (χ2n) is 4.79. The van der Waals surface area contributed by atoms with Crippen molar-refractivity contribution >= 4 is 11.9 Å². The Morgan fingerprint density at radius 2 is 2.22 bits per heavy atom. The Morgan fingerprint density at radius 1 is 1.44 bits per heavy atom. The van der Waals surface area contributed by atoms with Crippen LogP contribution in [0.3, 0.4) is 0 Å². The Bertz CT molecular complexity index is 274. The zero-order valence-corrected chi connectivity index (χ0v) is 11.0. The lowest BCUT2D eigenvalue weighted by atomic mass is 9.96. The third-order valence-corrected chi connectivity index (χ3v) is 3.42. The van der Waals surface area contributed by atoms with Gasteiger partial charge in [-0.2, -0.15) is 0 Å². The second kappa shape index (κ2) is 8.08. The first kappa shape index (κ1) is 15.0. The molecule has 0 aromatic carbocycles. The van der Waals surface area contributed by atoms with Crippen LogP contribution in [0.2, 0.25) is 0 Å². The van der Waals surface area contributed by atoms with E-state index in [9.17, 15) is 9.59 Å². The van der Waals surface area contributed by atoms with Crippen molar-refractivity contribution in [2.75, 3.05) is 13.2 Å². The van der Waals surface area contributed by atoms with Crippen molar-refractivity contribution in [3.05, 3.63) is 0 Å². The molecule has 1 rings (SSSR count). The van der Waals surface area contributed by atoms with Crippen LogP contribution in [0.4, 0.5) is 0 Å². The summed E-state index contributed by atoms with van der Waals surface area (Å²) in [4.78, 5) is 22.1. The molecule has 0 aliphatic carbocycles. The standard InChI is InChI=1S/C13H23NO4/c1-2-10(5-6-12(15)16)7-8-14-13(17)11-4-3-9-18-11/h10-11H,2-9H2,1H3,(H,14,17)(H,15,16)/t10?,11-/m0/s1. The zero-order chi connectivity index (χ0) is 13.4. The van der Waals surface area contributed by atoms with Gasteiger partial charge in [-0.3, -0.25) is 9.59 Å². The minimum absolute atomic E-state index is 0.0272. The fraction of sp³-hybridized carbons (Fsp3) is 0.846. The maximum Gasteiger partial charge on any atom is 0.303 e. The Morgan fingerprint density at radius 3 is 2.78 bits per heavy atom. The van der Waals surface area contributed by atoms with Gasteiger partial charge >= 0.3 is 5.97 Å². The summed E-state index contributed by atoms with van der Waals surface area (Å²) in [5.74, 6) is -0.414. The summed E-state index contributed by atoms with van der Waals surface area (Å²) in [6.45, 7) is 3.33. The highest BCUT2D eigenvalue weighted by atomic mass is 16.5. The number of hydrogen-bond donors (Lipinski definition) is 2. The topological polar surface area (TPSA) is 75.6 Å². The summed E-state index contributed by atoms with van der Waals surface area (Å²) >= 11 is 0. The fourth-order valence-electron chi connectivity index (χ4n) is 2.18. The maximum absolute atomic E-state index is 11.7. The first-order chi connectivity index (χ1) is 8.63. The molecule has 0 saturated carbocycles. The van der Waals surface area contributed by atoms with Crippen molar-refractivity contribution < 1.29 is 19.4 Å². The van der Waals surface area contributed by atoms with Crippen LogP contribution in [-0.2, 0) is 14.3 Å². The van der Waals surface area contributed by atoms with Gasteiger partial charge in [0.25, 0.3) is 0 Å². The van der Waals surface area contributed by atoms with Crippen LogP contribution in [0.25, 0.3) is 0 Å². The minimum atomic E-state index is -0.753. The summed E-state index contributed by atoms with van der Waals surface area (Å²) in [5, 5.41) is 11.5. The van der Waals surface area contributed by atoms with E-state index in [-0.39, 0.29) is 18.4 Å². The molecule has 5 nitrogen and oxygen atoms in total. The summed E-state index contributed by atoms with van der Waals surface area (Å²) in [5.41, 5.74) is 0. The third kappa shape index (κ3) is 5.49.